The van der Waals surface area contributed by atoms with Crippen molar-refractivity contribution in [3.63, 3.8) is 0 Å². The van der Waals surface area contributed by atoms with Crippen LogP contribution in [0.4, 0.5) is 24.0 Å². The number of ether oxygens (including phenoxy) is 1. The molecule has 3 aliphatic heterocycles. The largest absolute Gasteiger partial charge is 0.461 e. The molecule has 2 aromatic carbocycles. The van der Waals surface area contributed by atoms with Crippen LogP contribution < -0.4 is 15.4 Å². The van der Waals surface area contributed by atoms with E-state index in [1.54, 1.807) is 4.90 Å². The van der Waals surface area contributed by atoms with Crippen LogP contribution in [0.3, 0.4) is 0 Å². The van der Waals surface area contributed by atoms with Gasteiger partial charge < -0.3 is 15.4 Å². The molecule has 236 valence electrons. The van der Waals surface area contributed by atoms with Gasteiger partial charge in [-0.25, -0.2) is 21.6 Å². The van der Waals surface area contributed by atoms with Crippen molar-refractivity contribution in [1.82, 2.24) is 14.9 Å². The van der Waals surface area contributed by atoms with Gasteiger partial charge >= 0.3 is 6.01 Å². The van der Waals surface area contributed by atoms with Crippen molar-refractivity contribution in [1.29, 1.82) is 5.26 Å². The maximum Gasteiger partial charge on any atom is 0.319 e. The van der Waals surface area contributed by atoms with E-state index in [2.05, 4.69) is 14.9 Å². The minimum absolute atomic E-state index is 0.0151. The van der Waals surface area contributed by atoms with Crippen molar-refractivity contribution in [2.75, 3.05) is 54.9 Å². The summed E-state index contributed by atoms with van der Waals surface area (Å²) in [5.74, 6) is -1.28. The number of nitrogens with zero attached hydrogens (tertiary/aromatic N) is 5. The molecule has 0 aliphatic carbocycles. The summed E-state index contributed by atoms with van der Waals surface area (Å²) in [5, 5.41) is 10.2. The Labute approximate surface area is 266 Å². The Morgan fingerprint density at radius 2 is 2.02 bits per heavy atom. The number of hydrogen-bond acceptors (Lipinski definition) is 10. The molecule has 0 bridgehead atoms. The Bertz CT molecular complexity index is 2020. The normalized spacial score (nSPS) is 23.4. The quantitative estimate of drug-likeness (QED) is 0.293. The fourth-order valence-corrected chi connectivity index (χ4v) is 9.53. The second-order valence-corrected chi connectivity index (χ2v) is 15.6. The van der Waals surface area contributed by atoms with Gasteiger partial charge in [-0.2, -0.15) is 15.2 Å². The number of fused-ring (bicyclic) bond motifs is 3. The third-order valence-corrected chi connectivity index (χ3v) is 12.2. The van der Waals surface area contributed by atoms with Crippen molar-refractivity contribution in [2.45, 2.75) is 37.4 Å². The molecule has 0 unspecified atom stereocenters. The first-order valence-electron chi connectivity index (χ1n) is 14.6. The first-order valence-corrected chi connectivity index (χ1v) is 17.6. The van der Waals surface area contributed by atoms with Gasteiger partial charge in [-0.1, -0.05) is 17.7 Å². The smallest absolute Gasteiger partial charge is 0.319 e. The molecule has 2 aromatic heterocycles. The van der Waals surface area contributed by atoms with Crippen molar-refractivity contribution in [3.8, 4) is 23.2 Å². The van der Waals surface area contributed by atoms with Gasteiger partial charge in [0.1, 0.15) is 41.0 Å². The number of hydrogen-bond donors (Lipinski definition) is 1. The first-order chi connectivity index (χ1) is 21.5. The second-order valence-electron chi connectivity index (χ2n) is 11.9. The number of nitriles is 1. The van der Waals surface area contributed by atoms with Crippen molar-refractivity contribution in [2.24, 2.45) is 0 Å². The van der Waals surface area contributed by atoms with Crippen LogP contribution in [0.15, 0.2) is 18.2 Å². The van der Waals surface area contributed by atoms with Gasteiger partial charge in [0.25, 0.3) is 0 Å². The summed E-state index contributed by atoms with van der Waals surface area (Å²) in [6.45, 7) is 1.65. The predicted molar refractivity (Wildman–Crippen MR) is 168 cm³/mol. The monoisotopic (exact) mass is 676 g/mol. The van der Waals surface area contributed by atoms with Crippen molar-refractivity contribution < 1.29 is 26.3 Å². The van der Waals surface area contributed by atoms with E-state index in [1.807, 2.05) is 6.07 Å². The zero-order valence-corrected chi connectivity index (χ0v) is 26.3. The zero-order chi connectivity index (χ0) is 31.7. The molecule has 7 rings (SSSR count). The molecule has 0 amide bonds. The van der Waals surface area contributed by atoms with Gasteiger partial charge in [-0.3, -0.25) is 4.90 Å². The summed E-state index contributed by atoms with van der Waals surface area (Å²) in [7, 11) is -3.27. The van der Waals surface area contributed by atoms with Gasteiger partial charge in [0.15, 0.2) is 15.7 Å². The lowest BCUT2D eigenvalue weighted by atomic mass is 9.95. The third-order valence-electron chi connectivity index (χ3n) is 9.13. The van der Waals surface area contributed by atoms with Crippen molar-refractivity contribution >= 4 is 64.6 Å². The van der Waals surface area contributed by atoms with E-state index < -0.39 is 33.2 Å². The molecule has 0 spiro atoms. The molecule has 3 aliphatic rings. The topological polar surface area (TPSA) is 125 Å². The average molecular weight is 677 g/mol. The maximum atomic E-state index is 16.8. The SMILES string of the molecule is N#Cc1c(N)sc2c(F)ccc(-c3c(Cl)cc4c(N5CCCS(=O)(=O)CC5)nc(OC[C@@]56CCCN5C[C@H](F)C6)nc4c3F)c12. The number of thiophene rings is 1. The van der Waals surface area contributed by atoms with Gasteiger partial charge in [-0.05, 0) is 43.5 Å². The van der Waals surface area contributed by atoms with Crippen LogP contribution in [0, 0.1) is 23.0 Å². The third kappa shape index (κ3) is 5.14. The number of sulfone groups is 1. The summed E-state index contributed by atoms with van der Waals surface area (Å²) in [5.41, 5.74) is 5.45. The van der Waals surface area contributed by atoms with E-state index in [0.29, 0.717) is 25.9 Å². The highest BCUT2D eigenvalue weighted by atomic mass is 35.5. The average Bonchev–Trinajstić information content (AvgIpc) is 3.59. The molecule has 15 heteroatoms. The molecule has 0 saturated carbocycles. The fraction of sp³-hybridized carbons (Fsp3) is 0.433. The van der Waals surface area contributed by atoms with Crippen LogP contribution in [-0.2, 0) is 9.84 Å². The fourth-order valence-electron chi connectivity index (χ4n) is 7.02. The highest BCUT2D eigenvalue weighted by molar-refractivity contribution is 7.91. The number of benzene rings is 2. The minimum atomic E-state index is -3.27. The summed E-state index contributed by atoms with van der Waals surface area (Å²) >= 11 is 7.64. The molecule has 0 radical (unpaired) electrons. The van der Waals surface area contributed by atoms with Gasteiger partial charge in [0.2, 0.25) is 0 Å². The Morgan fingerprint density at radius 3 is 2.82 bits per heavy atom. The van der Waals surface area contributed by atoms with Crippen LogP contribution >= 0.6 is 22.9 Å². The number of aromatic nitrogens is 2. The van der Waals surface area contributed by atoms with E-state index in [-0.39, 0.29) is 84.2 Å². The number of nitrogen functional groups attached to an aromatic ring is 1. The number of alkyl halides is 1. The van der Waals surface area contributed by atoms with Gasteiger partial charge in [0.05, 0.1) is 32.3 Å². The molecule has 5 heterocycles. The maximum absolute atomic E-state index is 16.8. The van der Waals surface area contributed by atoms with E-state index in [9.17, 15) is 22.5 Å². The standard InChI is InChI=1S/C30H28ClF3N6O3S2/c31-20-11-18-25(24(34)23(20)17-3-4-21(33)26-22(17)19(13-35)27(36)44-26)37-29(38-28(18)39-6-2-9-45(41,42)10-8-39)43-15-30-5-1-7-40(30)14-16(32)12-30/h3-4,11,16H,1-2,5-10,12,14-15,36H2/t16-,30+/m1/s1. The molecule has 45 heavy (non-hydrogen) atoms. The highest BCUT2D eigenvalue weighted by Crippen LogP contribution is 2.46. The lowest BCUT2D eigenvalue weighted by molar-refractivity contribution is 0.107. The summed E-state index contributed by atoms with van der Waals surface area (Å²) in [4.78, 5) is 12.9. The lowest BCUT2D eigenvalue weighted by Gasteiger charge is -2.31. The predicted octanol–water partition coefficient (Wildman–Crippen LogP) is 5.48. The number of halogens is 4. The van der Waals surface area contributed by atoms with E-state index in [4.69, 9.17) is 22.1 Å². The molecule has 2 atom stereocenters. The summed E-state index contributed by atoms with van der Waals surface area (Å²) < 4.78 is 77.1. The molecule has 4 aromatic rings. The Hall–Kier alpha value is -3.38. The molecular weight excluding hydrogens is 649 g/mol. The first kappa shape index (κ1) is 30.3. The molecule has 2 N–H and O–H groups in total. The summed E-state index contributed by atoms with van der Waals surface area (Å²) in [6.07, 6.45) is 1.34. The van der Waals surface area contributed by atoms with Gasteiger partial charge in [-0.15, -0.1) is 11.3 Å². The molecular formula is C30H28ClF3N6O3S2. The lowest BCUT2D eigenvalue weighted by Crippen LogP contribution is -2.43. The number of rotatable bonds is 5. The van der Waals surface area contributed by atoms with Gasteiger partial charge in [0, 0.05) is 42.4 Å². The Kier molecular flexibility index (Phi) is 7.50. The van der Waals surface area contributed by atoms with E-state index >= 15 is 4.39 Å². The van der Waals surface area contributed by atoms with Crippen LogP contribution in [0.2, 0.25) is 5.02 Å². The van der Waals surface area contributed by atoms with E-state index in [0.717, 1.165) is 30.7 Å². The Morgan fingerprint density at radius 1 is 1.20 bits per heavy atom. The number of nitrogens with two attached hydrogens (primary N) is 1. The van der Waals surface area contributed by atoms with Crippen molar-refractivity contribution in [3.05, 3.63) is 40.4 Å². The molecule has 3 saturated heterocycles. The van der Waals surface area contributed by atoms with Crippen LogP contribution in [-0.4, -0.2) is 79.3 Å². The Balaban J connectivity index is 1.40. The van der Waals surface area contributed by atoms with Crippen LogP contribution in [0.25, 0.3) is 32.1 Å². The van der Waals surface area contributed by atoms with Crippen LogP contribution in [0.1, 0.15) is 31.2 Å². The zero-order valence-electron chi connectivity index (χ0n) is 24.0. The second kappa shape index (κ2) is 11.2. The minimum Gasteiger partial charge on any atom is -0.461 e. The highest BCUT2D eigenvalue weighted by Gasteiger charge is 2.49. The molecule has 3 fully saturated rings. The van der Waals surface area contributed by atoms with E-state index in [1.165, 1.54) is 18.2 Å². The summed E-state index contributed by atoms with van der Waals surface area (Å²) in [6, 6.07) is 5.86. The van der Waals surface area contributed by atoms with Crippen LogP contribution in [0.5, 0.6) is 6.01 Å². The number of anilines is 2. The molecule has 9 nitrogen and oxygen atoms in total.